The van der Waals surface area contributed by atoms with E-state index in [9.17, 15) is 14.7 Å². The molecule has 0 spiro atoms. The van der Waals surface area contributed by atoms with Gasteiger partial charge in [-0.25, -0.2) is 0 Å². The number of hydrazone groups is 1. The Morgan fingerprint density at radius 2 is 1.85 bits per heavy atom. The summed E-state index contributed by atoms with van der Waals surface area (Å²) in [6, 6.07) is 9.04. The van der Waals surface area contributed by atoms with Crippen LogP contribution in [0, 0.1) is 0 Å². The molecule has 1 amide bonds. The molecule has 0 radical (unpaired) electrons. The smallest absolute Gasteiger partial charge is 0.280 e. The van der Waals surface area contributed by atoms with Gasteiger partial charge >= 0.3 is 0 Å². The summed E-state index contributed by atoms with van der Waals surface area (Å²) in [5.74, 6) is -1.85. The standard InChI is InChI=1S/C18H11Cl3N2O3/c1-9-13(6-10-2-3-11(19)7-16(10)21)17(24)23(22-9)12-4-5-15(20)14(8-12)18(25)26/h2-8H,1H3,(H,25,26)/p-1/b13-6-. The van der Waals surface area contributed by atoms with Crippen molar-refractivity contribution in [2.45, 2.75) is 6.92 Å². The maximum absolute atomic E-state index is 12.7. The van der Waals surface area contributed by atoms with Crippen LogP contribution in [0.1, 0.15) is 22.8 Å². The Balaban J connectivity index is 1.99. The van der Waals surface area contributed by atoms with Crippen molar-refractivity contribution < 1.29 is 14.7 Å². The molecule has 3 rings (SSSR count). The van der Waals surface area contributed by atoms with Crippen LogP contribution in [0.2, 0.25) is 15.1 Å². The summed E-state index contributed by atoms with van der Waals surface area (Å²) in [7, 11) is 0. The minimum Gasteiger partial charge on any atom is -0.545 e. The molecular formula is C18H10Cl3N2O3-. The van der Waals surface area contributed by atoms with Gasteiger partial charge in [0.15, 0.2) is 0 Å². The molecule has 8 heteroatoms. The molecule has 0 fully saturated rings. The Bertz CT molecular complexity index is 999. The zero-order valence-electron chi connectivity index (χ0n) is 13.3. The predicted octanol–water partition coefficient (Wildman–Crippen LogP) is 3.82. The van der Waals surface area contributed by atoms with Crippen LogP contribution >= 0.6 is 34.8 Å². The number of benzene rings is 2. The molecule has 0 saturated carbocycles. The molecule has 1 aliphatic heterocycles. The number of halogens is 3. The molecule has 0 unspecified atom stereocenters. The molecule has 0 N–H and O–H groups in total. The van der Waals surface area contributed by atoms with Gasteiger partial charge in [-0.3, -0.25) is 4.79 Å². The SMILES string of the molecule is CC1=NN(c2ccc(Cl)c(C(=O)[O-])c2)C(=O)/C1=C\c1ccc(Cl)cc1Cl. The van der Waals surface area contributed by atoms with Crippen molar-refractivity contribution in [3.63, 3.8) is 0 Å². The number of hydrogen-bond donors (Lipinski definition) is 0. The lowest BCUT2D eigenvalue weighted by atomic mass is 10.1. The lowest BCUT2D eigenvalue weighted by Crippen LogP contribution is -2.25. The number of carbonyl (C=O) groups is 2. The summed E-state index contributed by atoms with van der Waals surface area (Å²) in [4.78, 5) is 23.9. The summed E-state index contributed by atoms with van der Waals surface area (Å²) >= 11 is 17.9. The van der Waals surface area contributed by atoms with Crippen LogP contribution < -0.4 is 10.1 Å². The van der Waals surface area contributed by atoms with E-state index in [0.29, 0.717) is 26.9 Å². The Morgan fingerprint density at radius 1 is 1.12 bits per heavy atom. The highest BCUT2D eigenvalue weighted by atomic mass is 35.5. The Hall–Kier alpha value is -2.34. The van der Waals surface area contributed by atoms with Crippen molar-refractivity contribution in [3.8, 4) is 0 Å². The molecule has 2 aromatic carbocycles. The average Bonchev–Trinajstić information content (AvgIpc) is 2.85. The summed E-state index contributed by atoms with van der Waals surface area (Å²) in [5.41, 5.74) is 1.46. The van der Waals surface area contributed by atoms with Gasteiger partial charge < -0.3 is 9.90 Å². The first-order chi connectivity index (χ1) is 12.3. The zero-order valence-corrected chi connectivity index (χ0v) is 15.6. The fourth-order valence-electron chi connectivity index (χ4n) is 2.43. The number of carboxylic acids is 1. The van der Waals surface area contributed by atoms with Crippen molar-refractivity contribution in [2.24, 2.45) is 5.10 Å². The van der Waals surface area contributed by atoms with E-state index in [0.717, 1.165) is 5.01 Å². The van der Waals surface area contributed by atoms with Crippen LogP contribution in [0.25, 0.3) is 6.08 Å². The first-order valence-corrected chi connectivity index (χ1v) is 8.49. The summed E-state index contributed by atoms with van der Waals surface area (Å²) in [6.45, 7) is 1.67. The molecule has 1 heterocycles. The Morgan fingerprint density at radius 3 is 2.50 bits per heavy atom. The number of amides is 1. The van der Waals surface area contributed by atoms with E-state index in [-0.39, 0.29) is 16.3 Å². The van der Waals surface area contributed by atoms with Crippen molar-refractivity contribution in [2.75, 3.05) is 5.01 Å². The van der Waals surface area contributed by atoms with Crippen LogP contribution in [0.15, 0.2) is 47.1 Å². The fraction of sp³-hybridized carbons (Fsp3) is 0.0556. The quantitative estimate of drug-likeness (QED) is 0.725. The second-order valence-electron chi connectivity index (χ2n) is 5.48. The molecule has 0 atom stereocenters. The van der Waals surface area contributed by atoms with Crippen molar-refractivity contribution in [1.82, 2.24) is 0 Å². The van der Waals surface area contributed by atoms with Crippen LogP contribution in [0.5, 0.6) is 0 Å². The average molecular weight is 409 g/mol. The molecule has 0 aliphatic carbocycles. The number of nitrogens with zero attached hydrogens (tertiary/aromatic N) is 2. The largest absolute Gasteiger partial charge is 0.545 e. The molecule has 0 bridgehead atoms. The van der Waals surface area contributed by atoms with Crippen molar-refractivity contribution >= 4 is 64.2 Å². The number of hydrogen-bond acceptors (Lipinski definition) is 4. The van der Waals surface area contributed by atoms with Crippen molar-refractivity contribution in [3.05, 3.63) is 68.2 Å². The number of carbonyl (C=O) groups excluding carboxylic acids is 2. The van der Waals surface area contributed by atoms with Crippen LogP contribution in [0.3, 0.4) is 0 Å². The third-order valence-electron chi connectivity index (χ3n) is 3.74. The highest BCUT2D eigenvalue weighted by Crippen LogP contribution is 2.30. The lowest BCUT2D eigenvalue weighted by molar-refractivity contribution is -0.255. The maximum Gasteiger partial charge on any atom is 0.280 e. The molecule has 2 aromatic rings. The molecule has 132 valence electrons. The predicted molar refractivity (Wildman–Crippen MR) is 101 cm³/mol. The molecule has 5 nitrogen and oxygen atoms in total. The van der Waals surface area contributed by atoms with E-state index in [4.69, 9.17) is 34.8 Å². The van der Waals surface area contributed by atoms with E-state index >= 15 is 0 Å². The maximum atomic E-state index is 12.7. The second kappa shape index (κ2) is 7.11. The molecule has 1 aliphatic rings. The molecule has 26 heavy (non-hydrogen) atoms. The minimum absolute atomic E-state index is 0.0183. The van der Waals surface area contributed by atoms with Gasteiger partial charge in [0.05, 0.1) is 22.9 Å². The fourth-order valence-corrected chi connectivity index (χ4v) is 3.09. The first kappa shape index (κ1) is 18.5. The highest BCUT2D eigenvalue weighted by Gasteiger charge is 2.29. The van der Waals surface area contributed by atoms with Crippen LogP contribution in [0.4, 0.5) is 5.69 Å². The topological polar surface area (TPSA) is 72.8 Å². The van der Waals surface area contributed by atoms with Gasteiger partial charge in [-0.2, -0.15) is 10.1 Å². The Kier molecular flexibility index (Phi) is 5.05. The van der Waals surface area contributed by atoms with Crippen LogP contribution in [-0.4, -0.2) is 17.6 Å². The van der Waals surface area contributed by atoms with E-state index in [1.807, 2.05) is 0 Å². The van der Waals surface area contributed by atoms with E-state index in [1.54, 1.807) is 31.2 Å². The third-order valence-corrected chi connectivity index (χ3v) is 4.63. The van der Waals surface area contributed by atoms with Crippen LogP contribution in [-0.2, 0) is 4.79 Å². The molecule has 0 aromatic heterocycles. The summed E-state index contributed by atoms with van der Waals surface area (Å²) in [5, 5.41) is 17.3. The number of anilines is 1. The monoisotopic (exact) mass is 407 g/mol. The number of aromatic carboxylic acids is 1. The summed E-state index contributed by atoms with van der Waals surface area (Å²) < 4.78 is 0. The van der Waals surface area contributed by atoms with Gasteiger partial charge in [0, 0.05) is 20.6 Å². The Labute approximate surface area is 164 Å². The lowest BCUT2D eigenvalue weighted by Gasteiger charge is -2.14. The van der Waals surface area contributed by atoms with Crippen molar-refractivity contribution in [1.29, 1.82) is 0 Å². The molecular weight excluding hydrogens is 399 g/mol. The highest BCUT2D eigenvalue weighted by molar-refractivity contribution is 6.37. The van der Waals surface area contributed by atoms with Gasteiger partial charge in [0.2, 0.25) is 0 Å². The van der Waals surface area contributed by atoms with Gasteiger partial charge in [-0.15, -0.1) is 0 Å². The molecule has 0 saturated heterocycles. The van der Waals surface area contributed by atoms with E-state index in [2.05, 4.69) is 5.10 Å². The van der Waals surface area contributed by atoms with E-state index in [1.165, 1.54) is 18.2 Å². The van der Waals surface area contributed by atoms with Gasteiger partial charge in [-0.1, -0.05) is 40.9 Å². The number of carboxylic acid groups (broad SMARTS) is 1. The van der Waals surface area contributed by atoms with Gasteiger partial charge in [0.1, 0.15) is 0 Å². The third kappa shape index (κ3) is 3.46. The summed E-state index contributed by atoms with van der Waals surface area (Å²) in [6.07, 6.45) is 1.61. The zero-order chi connectivity index (χ0) is 19.0. The minimum atomic E-state index is -1.44. The van der Waals surface area contributed by atoms with Gasteiger partial charge in [0.25, 0.3) is 5.91 Å². The van der Waals surface area contributed by atoms with Gasteiger partial charge in [-0.05, 0) is 48.9 Å². The van der Waals surface area contributed by atoms with E-state index < -0.39 is 11.9 Å². The second-order valence-corrected chi connectivity index (χ2v) is 6.73. The normalized spacial score (nSPS) is 15.5. The number of rotatable bonds is 3. The first-order valence-electron chi connectivity index (χ1n) is 7.35.